The number of aliphatic imine (C=N–C) groups is 1. The molecule has 9 nitrogen and oxygen atoms in total. The van der Waals surface area contributed by atoms with Crippen molar-refractivity contribution in [1.29, 1.82) is 0 Å². The number of hydrogen-bond donors (Lipinski definition) is 3. The van der Waals surface area contributed by atoms with Crippen molar-refractivity contribution in [1.82, 2.24) is 25.3 Å². The first kappa shape index (κ1) is 38.7. The van der Waals surface area contributed by atoms with Gasteiger partial charge in [0.2, 0.25) is 5.91 Å². The van der Waals surface area contributed by atoms with Gasteiger partial charge in [-0.25, -0.2) is 4.99 Å². The van der Waals surface area contributed by atoms with Crippen molar-refractivity contribution in [3.05, 3.63) is 28.3 Å². The van der Waals surface area contributed by atoms with Crippen LogP contribution in [-0.2, 0) is 11.3 Å². The molecule has 0 aromatic heterocycles. The molecule has 1 aromatic carbocycles. The van der Waals surface area contributed by atoms with Gasteiger partial charge >= 0.3 is 0 Å². The van der Waals surface area contributed by atoms with E-state index in [-0.39, 0.29) is 11.9 Å². The molecule has 0 saturated carbocycles. The molecule has 0 saturated heterocycles. The van der Waals surface area contributed by atoms with Gasteiger partial charge in [0.25, 0.3) is 0 Å². The summed E-state index contributed by atoms with van der Waals surface area (Å²) in [6, 6.07) is 2.55. The number of likely N-dealkylation sites (N-methyl/N-ethyl adjacent to an activating group) is 2. The third-order valence-electron chi connectivity index (χ3n) is 8.97. The van der Waals surface area contributed by atoms with Crippen LogP contribution in [0.25, 0.3) is 0 Å². The number of nitrogens with two attached hydrogens (primary N) is 1. The molecule has 43 heavy (non-hydrogen) atoms. The number of nitrogens with one attached hydrogen (secondary N) is 2. The Kier molecular flexibility index (Phi) is 19.2. The van der Waals surface area contributed by atoms with E-state index in [4.69, 9.17) is 10.5 Å². The number of carbonyl (C=O) groups excluding carboxylic acids is 1. The van der Waals surface area contributed by atoms with Gasteiger partial charge in [-0.3, -0.25) is 9.69 Å². The molecule has 2 atom stereocenters. The highest BCUT2D eigenvalue weighted by atomic mass is 16.5. The number of guanidine groups is 1. The molecular weight excluding hydrogens is 538 g/mol. The number of benzene rings is 1. The van der Waals surface area contributed by atoms with Crippen LogP contribution in [-0.4, -0.2) is 105 Å². The average molecular weight is 604 g/mol. The van der Waals surface area contributed by atoms with Crippen LogP contribution in [0, 0.1) is 20.8 Å². The van der Waals surface area contributed by atoms with Gasteiger partial charge in [0, 0.05) is 51.2 Å². The van der Waals surface area contributed by atoms with Crippen molar-refractivity contribution in [3.8, 4) is 5.75 Å². The highest BCUT2D eigenvalue weighted by Gasteiger charge is 2.18. The number of hydrogen-bond acceptors (Lipinski definition) is 6. The second kappa shape index (κ2) is 21.4. The van der Waals surface area contributed by atoms with Crippen molar-refractivity contribution in [2.75, 3.05) is 66.0 Å². The maximum absolute atomic E-state index is 12.8. The molecule has 9 heteroatoms. The third-order valence-corrected chi connectivity index (χ3v) is 8.97. The summed E-state index contributed by atoms with van der Waals surface area (Å²) in [5.41, 5.74) is 10.8. The molecule has 4 N–H and O–H groups in total. The molecule has 1 rings (SSSR count). The number of nitrogens with zero attached hydrogens (tertiary/aromatic N) is 4. The monoisotopic (exact) mass is 604 g/mol. The van der Waals surface area contributed by atoms with Crippen LogP contribution < -0.4 is 21.1 Å². The minimum absolute atomic E-state index is 0.122. The van der Waals surface area contributed by atoms with Crippen LogP contribution in [0.1, 0.15) is 89.5 Å². The molecule has 2 unspecified atom stereocenters. The van der Waals surface area contributed by atoms with Gasteiger partial charge in [-0.15, -0.1) is 0 Å². The highest BCUT2D eigenvalue weighted by molar-refractivity contribution is 5.78. The summed E-state index contributed by atoms with van der Waals surface area (Å²) in [6.45, 7) is 29.3. The lowest BCUT2D eigenvalue weighted by Crippen LogP contribution is -2.44. The van der Waals surface area contributed by atoms with E-state index in [1.165, 1.54) is 11.1 Å². The first-order valence-corrected chi connectivity index (χ1v) is 16.7. The second-order valence-electron chi connectivity index (χ2n) is 11.8. The number of rotatable bonds is 22. The predicted molar refractivity (Wildman–Crippen MR) is 183 cm³/mol. The summed E-state index contributed by atoms with van der Waals surface area (Å²) in [6.07, 6.45) is 3.21. The molecule has 0 aliphatic carbocycles. The minimum atomic E-state index is 0.122. The number of carbonyl (C=O) groups is 1. The number of amides is 1. The van der Waals surface area contributed by atoms with E-state index in [1.807, 2.05) is 0 Å². The zero-order chi connectivity index (χ0) is 32.4. The van der Waals surface area contributed by atoms with Gasteiger partial charge in [-0.2, -0.15) is 0 Å². The molecule has 0 radical (unpaired) electrons. The molecule has 0 aliphatic heterocycles. The Bertz CT molecular complexity index is 945. The zero-order valence-corrected chi connectivity index (χ0v) is 29.3. The van der Waals surface area contributed by atoms with E-state index in [1.54, 1.807) is 7.11 Å². The SMILES string of the molecule is CCN(CC)CCN(CCN(CC)CC)C(C)CCC(=O)NC(C)CCCNC(N)=NCc1c(C)cc(OC)c(C)c1C. The fraction of sp³-hybridized carbons (Fsp3) is 0.765. The van der Waals surface area contributed by atoms with E-state index in [2.05, 4.69) is 98.7 Å². The lowest BCUT2D eigenvalue weighted by Gasteiger charge is -2.33. The van der Waals surface area contributed by atoms with Crippen molar-refractivity contribution in [3.63, 3.8) is 0 Å². The van der Waals surface area contributed by atoms with Crippen LogP contribution in [0.5, 0.6) is 5.75 Å². The lowest BCUT2D eigenvalue weighted by atomic mass is 9.97. The van der Waals surface area contributed by atoms with E-state index >= 15 is 0 Å². The Morgan fingerprint density at radius 3 is 2.05 bits per heavy atom. The van der Waals surface area contributed by atoms with E-state index in [0.717, 1.165) is 95.0 Å². The van der Waals surface area contributed by atoms with Crippen molar-refractivity contribution < 1.29 is 9.53 Å². The Labute approximate surface area is 264 Å². The van der Waals surface area contributed by atoms with Crippen LogP contribution in [0.3, 0.4) is 0 Å². The normalized spacial score (nSPS) is 13.6. The first-order chi connectivity index (χ1) is 20.5. The second-order valence-corrected chi connectivity index (χ2v) is 11.8. The smallest absolute Gasteiger partial charge is 0.220 e. The Balaban J connectivity index is 2.46. The topological polar surface area (TPSA) is 98.5 Å². The predicted octanol–water partition coefficient (Wildman–Crippen LogP) is 4.46. The Morgan fingerprint density at radius 2 is 1.51 bits per heavy atom. The molecule has 0 fully saturated rings. The Morgan fingerprint density at radius 1 is 0.930 bits per heavy atom. The number of methoxy groups -OCH3 is 1. The van der Waals surface area contributed by atoms with Crippen LogP contribution in [0.2, 0.25) is 0 Å². The van der Waals surface area contributed by atoms with Gasteiger partial charge in [0.05, 0.1) is 13.7 Å². The summed E-state index contributed by atoms with van der Waals surface area (Å²) >= 11 is 0. The standard InChI is InChI=1S/C34H65N7O2/c1-11-39(12-2)20-22-41(23-21-40(13-3)14-4)28(7)17-18-33(42)38-27(6)16-15-19-36-34(35)37-25-31-26(5)24-32(43-10)30(9)29(31)8/h24,27-28H,11-23,25H2,1-10H3,(H,38,42)(H3,35,36,37). The quantitative estimate of drug-likeness (QED) is 0.102. The van der Waals surface area contributed by atoms with E-state index in [9.17, 15) is 4.79 Å². The molecule has 0 spiro atoms. The summed E-state index contributed by atoms with van der Waals surface area (Å²) in [4.78, 5) is 24.9. The van der Waals surface area contributed by atoms with Crippen molar-refractivity contribution in [2.24, 2.45) is 10.7 Å². The molecule has 1 amide bonds. The fourth-order valence-electron chi connectivity index (χ4n) is 5.51. The maximum Gasteiger partial charge on any atom is 0.220 e. The maximum atomic E-state index is 12.8. The Hall–Kier alpha value is -2.36. The zero-order valence-electron chi connectivity index (χ0n) is 29.3. The molecule has 1 aromatic rings. The van der Waals surface area contributed by atoms with Gasteiger partial charge < -0.3 is 30.9 Å². The van der Waals surface area contributed by atoms with Crippen LogP contribution >= 0.6 is 0 Å². The van der Waals surface area contributed by atoms with Gasteiger partial charge in [0.1, 0.15) is 5.75 Å². The number of aryl methyl sites for hydroxylation is 1. The molecular formula is C34H65N7O2. The third kappa shape index (κ3) is 14.3. The molecule has 0 bridgehead atoms. The minimum Gasteiger partial charge on any atom is -0.496 e. The van der Waals surface area contributed by atoms with E-state index in [0.29, 0.717) is 25.0 Å². The van der Waals surface area contributed by atoms with E-state index < -0.39 is 0 Å². The summed E-state index contributed by atoms with van der Waals surface area (Å²) in [7, 11) is 1.70. The van der Waals surface area contributed by atoms with Crippen molar-refractivity contribution in [2.45, 2.75) is 107 Å². The summed E-state index contributed by atoms with van der Waals surface area (Å²) in [5, 5.41) is 6.42. The fourth-order valence-corrected chi connectivity index (χ4v) is 5.51. The van der Waals surface area contributed by atoms with Crippen molar-refractivity contribution >= 4 is 11.9 Å². The number of ether oxygens (including phenoxy) is 1. The van der Waals surface area contributed by atoms with Gasteiger partial charge in [-0.1, -0.05) is 27.7 Å². The van der Waals surface area contributed by atoms with Gasteiger partial charge in [0.15, 0.2) is 5.96 Å². The van der Waals surface area contributed by atoms with Crippen LogP contribution in [0.15, 0.2) is 11.1 Å². The highest BCUT2D eigenvalue weighted by Crippen LogP contribution is 2.27. The summed E-state index contributed by atoms with van der Waals surface area (Å²) in [5.74, 6) is 1.49. The largest absolute Gasteiger partial charge is 0.496 e. The van der Waals surface area contributed by atoms with Gasteiger partial charge in [-0.05, 0) is 108 Å². The summed E-state index contributed by atoms with van der Waals surface area (Å²) < 4.78 is 5.47. The molecule has 0 aliphatic rings. The molecule has 0 heterocycles. The lowest BCUT2D eigenvalue weighted by molar-refractivity contribution is -0.122. The average Bonchev–Trinajstić information content (AvgIpc) is 2.99. The first-order valence-electron chi connectivity index (χ1n) is 16.7. The molecule has 248 valence electrons. The van der Waals surface area contributed by atoms with Crippen LogP contribution in [0.4, 0.5) is 0 Å².